The van der Waals surface area contributed by atoms with Gasteiger partial charge in [-0.25, -0.2) is 10.2 Å². The summed E-state index contributed by atoms with van der Waals surface area (Å²) < 4.78 is 0. The number of nitriles is 1. The molecule has 0 aromatic carbocycles. The number of allylic oxidation sites excluding steroid dienone is 1. The van der Waals surface area contributed by atoms with Gasteiger partial charge in [0.2, 0.25) is 6.08 Å². The van der Waals surface area contributed by atoms with E-state index in [0.717, 1.165) is 6.08 Å². The van der Waals surface area contributed by atoms with Crippen LogP contribution in [0.5, 0.6) is 0 Å². The number of carbonyl (C=O) groups excluding carboxylic acids is 1. The van der Waals surface area contributed by atoms with Gasteiger partial charge in [0.25, 0.3) is 0 Å². The van der Waals surface area contributed by atoms with Crippen molar-refractivity contribution in [3.05, 3.63) is 12.2 Å². The van der Waals surface area contributed by atoms with E-state index >= 15 is 0 Å². The van der Waals surface area contributed by atoms with Gasteiger partial charge in [0.15, 0.2) is 0 Å². The molecule has 0 aliphatic carbocycles. The zero-order chi connectivity index (χ0) is 6.99. The van der Waals surface area contributed by atoms with Crippen LogP contribution in [0.1, 0.15) is 6.92 Å². The second-order valence-corrected chi connectivity index (χ2v) is 0.994. The van der Waals surface area contributed by atoms with E-state index in [1.165, 1.54) is 0 Å². The fraction of sp³-hybridized carbons (Fsp3) is 0.200. The zero-order valence-corrected chi connectivity index (χ0v) is 4.56. The molecule has 0 saturated carbocycles. The molecule has 0 amide bonds. The second-order valence-electron chi connectivity index (χ2n) is 0.994. The third-order valence-electron chi connectivity index (χ3n) is 0.191. The summed E-state index contributed by atoms with van der Waals surface area (Å²) >= 11 is 0. The Kier molecular flexibility index (Phi) is 11.2. The number of nitrogens with one attached hydrogen (secondary N) is 1. The van der Waals surface area contributed by atoms with Crippen molar-refractivity contribution in [1.82, 2.24) is 0 Å². The van der Waals surface area contributed by atoms with Crippen LogP contribution >= 0.6 is 0 Å². The lowest BCUT2D eigenvalue weighted by atomic mass is 10.4. The molecule has 0 unspecified atom stereocenters. The summed E-state index contributed by atoms with van der Waals surface area (Å²) in [7, 11) is 0. The molecule has 0 radical (unpaired) electrons. The first kappa shape index (κ1) is 9.79. The predicted octanol–water partition coefficient (Wildman–Crippen LogP) is 0.987. The average Bonchev–Trinajstić information content (AvgIpc) is 1.69. The van der Waals surface area contributed by atoms with Gasteiger partial charge in [0.05, 0.1) is 6.07 Å². The Morgan fingerprint density at radius 2 is 2.00 bits per heavy atom. The monoisotopic (exact) mass is 110 g/mol. The number of hydrogen-bond acceptors (Lipinski definition) is 3. The maximum Gasteiger partial charge on any atom is 0.231 e. The highest BCUT2D eigenvalue weighted by molar-refractivity contribution is 5.26. The van der Waals surface area contributed by atoms with E-state index in [4.69, 9.17) is 15.5 Å². The summed E-state index contributed by atoms with van der Waals surface area (Å²) in [6.45, 7) is 4.98. The molecule has 0 saturated heterocycles. The van der Waals surface area contributed by atoms with Crippen molar-refractivity contribution in [2.24, 2.45) is 0 Å². The molecule has 0 fully saturated rings. The Labute approximate surface area is 47.8 Å². The molecule has 0 aliphatic heterocycles. The van der Waals surface area contributed by atoms with Crippen LogP contribution in [0.3, 0.4) is 0 Å². The van der Waals surface area contributed by atoms with Crippen molar-refractivity contribution in [3.8, 4) is 6.07 Å². The first-order valence-electron chi connectivity index (χ1n) is 1.78. The van der Waals surface area contributed by atoms with Crippen molar-refractivity contribution >= 4 is 6.08 Å². The smallest absolute Gasteiger partial charge is 0.222 e. The third-order valence-corrected chi connectivity index (χ3v) is 0.191. The molecule has 0 spiro atoms. The van der Waals surface area contributed by atoms with Crippen LogP contribution in [-0.2, 0) is 4.79 Å². The van der Waals surface area contributed by atoms with Gasteiger partial charge in [0.1, 0.15) is 0 Å². The van der Waals surface area contributed by atoms with E-state index in [-0.39, 0.29) is 0 Å². The molecule has 0 aromatic rings. The molecule has 0 bridgehead atoms. The number of nitrogens with zero attached hydrogens (tertiary/aromatic N) is 1. The summed E-state index contributed by atoms with van der Waals surface area (Å²) in [5.41, 5.74) is 0.560. The van der Waals surface area contributed by atoms with Crippen LogP contribution in [0.2, 0.25) is 0 Å². The SMILES string of the molecule is C=C(C)C#N.N=C=O. The summed E-state index contributed by atoms with van der Waals surface area (Å²) in [5, 5.41) is 13.2. The molecule has 0 atom stereocenters. The quantitative estimate of drug-likeness (QED) is 0.287. The molecule has 3 heteroatoms. The van der Waals surface area contributed by atoms with Gasteiger partial charge in [-0.2, -0.15) is 5.26 Å². The maximum atomic E-state index is 8.35. The molecule has 1 N–H and O–H groups in total. The highest BCUT2D eigenvalue weighted by Crippen LogP contribution is 1.74. The Bertz CT molecular complexity index is 137. The Morgan fingerprint density at radius 3 is 2.00 bits per heavy atom. The van der Waals surface area contributed by atoms with Crippen molar-refractivity contribution in [2.45, 2.75) is 6.92 Å². The Balaban J connectivity index is 0. The summed E-state index contributed by atoms with van der Waals surface area (Å²) in [6, 6.07) is 1.83. The van der Waals surface area contributed by atoms with E-state index in [0.29, 0.717) is 5.57 Å². The molecular formula is C5H6N2O. The van der Waals surface area contributed by atoms with Gasteiger partial charge in [0, 0.05) is 5.57 Å². The zero-order valence-electron chi connectivity index (χ0n) is 4.56. The van der Waals surface area contributed by atoms with Crippen LogP contribution in [0, 0.1) is 16.7 Å². The Hall–Kier alpha value is -1.39. The first-order valence-corrected chi connectivity index (χ1v) is 1.78. The van der Waals surface area contributed by atoms with Gasteiger partial charge in [-0.1, -0.05) is 6.58 Å². The lowest BCUT2D eigenvalue weighted by Crippen LogP contribution is -1.51. The van der Waals surface area contributed by atoms with Crippen molar-refractivity contribution in [3.63, 3.8) is 0 Å². The van der Waals surface area contributed by atoms with Gasteiger partial charge < -0.3 is 0 Å². The first-order chi connectivity index (χ1) is 3.68. The lowest BCUT2D eigenvalue weighted by molar-refractivity contribution is 0.563. The minimum Gasteiger partial charge on any atom is -0.222 e. The van der Waals surface area contributed by atoms with Crippen LogP contribution in [0.25, 0.3) is 0 Å². The van der Waals surface area contributed by atoms with E-state index in [2.05, 4.69) is 6.58 Å². The van der Waals surface area contributed by atoms with Crippen molar-refractivity contribution in [2.75, 3.05) is 0 Å². The fourth-order valence-electron chi connectivity index (χ4n) is 0. The van der Waals surface area contributed by atoms with Crippen molar-refractivity contribution < 1.29 is 4.79 Å². The van der Waals surface area contributed by atoms with Gasteiger partial charge in [-0.15, -0.1) is 0 Å². The topological polar surface area (TPSA) is 64.7 Å². The third kappa shape index (κ3) is 161. The minimum absolute atomic E-state index is 0.560. The standard InChI is InChI=1S/C4H5N.CHNO/c1-4(2)3-5;2-1-3/h1H2,2H3;2H. The van der Waals surface area contributed by atoms with E-state index in [1.54, 1.807) is 6.92 Å². The molecule has 0 heterocycles. The summed E-state index contributed by atoms with van der Waals surface area (Å²) in [6.07, 6.45) is 0.750. The van der Waals surface area contributed by atoms with Crippen LogP contribution in [0.4, 0.5) is 0 Å². The number of isocyanates is 1. The van der Waals surface area contributed by atoms with E-state index in [9.17, 15) is 0 Å². The molecule has 0 rings (SSSR count). The maximum absolute atomic E-state index is 8.35. The molecule has 8 heavy (non-hydrogen) atoms. The predicted molar refractivity (Wildman–Crippen MR) is 28.8 cm³/mol. The second kappa shape index (κ2) is 9.15. The molecule has 0 aromatic heterocycles. The Morgan fingerprint density at radius 1 is 1.88 bits per heavy atom. The molecule has 0 aliphatic rings. The normalized spacial score (nSPS) is 4.50. The van der Waals surface area contributed by atoms with Gasteiger partial charge >= 0.3 is 0 Å². The summed E-state index contributed by atoms with van der Waals surface area (Å²) in [4.78, 5) is 8.35. The van der Waals surface area contributed by atoms with E-state index < -0.39 is 0 Å². The van der Waals surface area contributed by atoms with Gasteiger partial charge in [-0.05, 0) is 6.92 Å². The largest absolute Gasteiger partial charge is 0.231 e. The molecular weight excluding hydrogens is 104 g/mol. The number of hydrogen-bond donors (Lipinski definition) is 1. The fourth-order valence-corrected chi connectivity index (χ4v) is 0. The number of rotatable bonds is 0. The van der Waals surface area contributed by atoms with Crippen LogP contribution in [-0.4, -0.2) is 6.08 Å². The highest BCUT2D eigenvalue weighted by Gasteiger charge is 1.64. The average molecular weight is 110 g/mol. The van der Waals surface area contributed by atoms with Crippen LogP contribution < -0.4 is 0 Å². The van der Waals surface area contributed by atoms with Crippen LogP contribution in [0.15, 0.2) is 12.2 Å². The van der Waals surface area contributed by atoms with Crippen molar-refractivity contribution in [1.29, 1.82) is 10.7 Å². The molecule has 42 valence electrons. The summed E-state index contributed by atoms with van der Waals surface area (Å²) in [5.74, 6) is 0. The highest BCUT2D eigenvalue weighted by atomic mass is 16.1. The van der Waals surface area contributed by atoms with Gasteiger partial charge in [-0.3, -0.25) is 0 Å². The lowest BCUT2D eigenvalue weighted by Gasteiger charge is -1.61. The van der Waals surface area contributed by atoms with E-state index in [1.807, 2.05) is 6.07 Å². The minimum atomic E-state index is 0.560. The molecule has 3 nitrogen and oxygen atoms in total.